The molecule has 0 aliphatic carbocycles. The summed E-state index contributed by atoms with van der Waals surface area (Å²) in [4.78, 5) is 0. The molecule has 3 nitrogen and oxygen atoms in total. The van der Waals surface area contributed by atoms with Crippen molar-refractivity contribution in [3.05, 3.63) is 34.9 Å². The Morgan fingerprint density at radius 2 is 1.74 bits per heavy atom. The Morgan fingerprint density at radius 3 is 2.21 bits per heavy atom. The van der Waals surface area contributed by atoms with E-state index in [0.717, 1.165) is 29.5 Å². The number of hydrogen-bond acceptors (Lipinski definition) is 3. The third-order valence-corrected chi connectivity index (χ3v) is 4.85. The molecule has 1 rings (SSSR count). The molecule has 1 atom stereocenters. The van der Waals surface area contributed by atoms with Gasteiger partial charge in [0.15, 0.2) is 9.84 Å². The Balaban J connectivity index is 2.78. The zero-order chi connectivity index (χ0) is 14.5. The highest BCUT2D eigenvalue weighted by atomic mass is 32.2. The molecule has 0 radical (unpaired) electrons. The lowest BCUT2D eigenvalue weighted by Gasteiger charge is -2.15. The second kappa shape index (κ2) is 7.06. The summed E-state index contributed by atoms with van der Waals surface area (Å²) in [5.41, 5.74) is 3.12. The quantitative estimate of drug-likeness (QED) is 0.836. The number of hydrogen-bond donors (Lipinski definition) is 1. The smallest absolute Gasteiger partial charge is 0.155 e. The van der Waals surface area contributed by atoms with Gasteiger partial charge in [-0.15, -0.1) is 0 Å². The number of sulfone groups is 1. The van der Waals surface area contributed by atoms with Gasteiger partial charge in [0.25, 0.3) is 0 Å². The van der Waals surface area contributed by atoms with E-state index in [1.54, 1.807) is 0 Å². The van der Waals surface area contributed by atoms with Crippen molar-refractivity contribution in [3.8, 4) is 0 Å². The van der Waals surface area contributed by atoms with E-state index in [1.165, 1.54) is 0 Å². The number of benzene rings is 1. The van der Waals surface area contributed by atoms with Gasteiger partial charge in [0.05, 0.1) is 11.5 Å². The lowest BCUT2D eigenvalue weighted by Crippen LogP contribution is -2.33. The van der Waals surface area contributed by atoms with Crippen LogP contribution in [0.25, 0.3) is 0 Å². The van der Waals surface area contributed by atoms with Gasteiger partial charge in [0.2, 0.25) is 0 Å². The molecule has 1 unspecified atom stereocenters. The molecule has 0 aromatic heterocycles. The van der Waals surface area contributed by atoms with Crippen molar-refractivity contribution in [1.29, 1.82) is 0 Å². The summed E-state index contributed by atoms with van der Waals surface area (Å²) in [6.07, 6.45) is 1.88. The molecule has 1 N–H and O–H groups in total. The molecule has 19 heavy (non-hydrogen) atoms. The highest BCUT2D eigenvalue weighted by Crippen LogP contribution is 2.14. The fourth-order valence-electron chi connectivity index (χ4n) is 2.43. The lowest BCUT2D eigenvalue weighted by atomic mass is 10.1. The van der Waals surface area contributed by atoms with Crippen molar-refractivity contribution in [2.45, 2.75) is 45.4 Å². The Morgan fingerprint density at radius 1 is 1.16 bits per heavy atom. The van der Waals surface area contributed by atoms with Crippen molar-refractivity contribution in [2.24, 2.45) is 0 Å². The van der Waals surface area contributed by atoms with Gasteiger partial charge in [-0.3, -0.25) is 0 Å². The summed E-state index contributed by atoms with van der Waals surface area (Å²) in [5.74, 6) is 0.349. The molecule has 0 aliphatic heterocycles. The summed E-state index contributed by atoms with van der Waals surface area (Å²) in [6, 6.07) is 6.03. The summed E-state index contributed by atoms with van der Waals surface area (Å²) >= 11 is 0. The maximum absolute atomic E-state index is 12.2. The van der Waals surface area contributed by atoms with Crippen LogP contribution in [0, 0.1) is 13.8 Å². The van der Waals surface area contributed by atoms with E-state index < -0.39 is 9.84 Å². The van der Waals surface area contributed by atoms with Crippen LogP contribution >= 0.6 is 0 Å². The molecule has 0 fully saturated rings. The second-order valence-corrected chi connectivity index (χ2v) is 7.43. The van der Waals surface area contributed by atoms with Crippen LogP contribution in [0.1, 0.15) is 36.5 Å². The average molecular weight is 283 g/mol. The van der Waals surface area contributed by atoms with E-state index in [4.69, 9.17) is 0 Å². The van der Waals surface area contributed by atoms with Crippen LogP contribution in [-0.4, -0.2) is 27.3 Å². The molecule has 108 valence electrons. The van der Waals surface area contributed by atoms with Gasteiger partial charge in [-0.1, -0.05) is 42.7 Å². The molecular weight excluding hydrogens is 258 g/mol. The minimum Gasteiger partial charge on any atom is -0.316 e. The number of aryl methyl sites for hydroxylation is 2. The van der Waals surface area contributed by atoms with Gasteiger partial charge in [-0.2, -0.15) is 0 Å². The van der Waals surface area contributed by atoms with Crippen LogP contribution in [0.3, 0.4) is 0 Å². The summed E-state index contributed by atoms with van der Waals surface area (Å²) < 4.78 is 24.5. The normalized spacial score (nSPS) is 13.5. The van der Waals surface area contributed by atoms with Crippen LogP contribution in [0.5, 0.6) is 0 Å². The first kappa shape index (κ1) is 16.2. The van der Waals surface area contributed by atoms with Crippen LogP contribution < -0.4 is 5.32 Å². The van der Waals surface area contributed by atoms with Crippen LogP contribution in [-0.2, 0) is 15.6 Å². The third-order valence-electron chi connectivity index (χ3n) is 3.17. The van der Waals surface area contributed by atoms with E-state index in [-0.39, 0.29) is 17.5 Å². The van der Waals surface area contributed by atoms with Gasteiger partial charge in [-0.25, -0.2) is 8.42 Å². The van der Waals surface area contributed by atoms with E-state index in [0.29, 0.717) is 0 Å². The zero-order valence-corrected chi connectivity index (χ0v) is 13.2. The first-order valence-electron chi connectivity index (χ1n) is 6.81. The first-order chi connectivity index (χ1) is 8.86. The minimum atomic E-state index is -3.06. The second-order valence-electron chi connectivity index (χ2n) is 5.32. The predicted molar refractivity (Wildman–Crippen MR) is 81.2 cm³/mol. The maximum atomic E-state index is 12.2. The Hall–Kier alpha value is -0.870. The van der Waals surface area contributed by atoms with Crippen LogP contribution in [0.15, 0.2) is 18.2 Å². The standard InChI is InChI=1S/C15H25NO2S/c1-5-6-15(16-4)11-19(17,18)10-14-8-12(2)7-13(3)9-14/h7-9,15-16H,5-6,10-11H2,1-4H3. The highest BCUT2D eigenvalue weighted by Gasteiger charge is 2.18. The maximum Gasteiger partial charge on any atom is 0.155 e. The van der Waals surface area contributed by atoms with E-state index in [2.05, 4.69) is 18.3 Å². The summed E-state index contributed by atoms with van der Waals surface area (Å²) in [6.45, 7) is 6.06. The van der Waals surface area contributed by atoms with Crippen molar-refractivity contribution in [1.82, 2.24) is 5.32 Å². The molecule has 0 aliphatic rings. The van der Waals surface area contributed by atoms with Gasteiger partial charge in [0.1, 0.15) is 0 Å². The van der Waals surface area contributed by atoms with E-state index in [9.17, 15) is 8.42 Å². The van der Waals surface area contributed by atoms with Crippen LogP contribution in [0.2, 0.25) is 0 Å². The monoisotopic (exact) mass is 283 g/mol. The zero-order valence-electron chi connectivity index (χ0n) is 12.4. The highest BCUT2D eigenvalue weighted by molar-refractivity contribution is 7.90. The third kappa shape index (κ3) is 5.74. The number of nitrogens with one attached hydrogen (secondary N) is 1. The molecule has 1 aromatic carbocycles. The largest absolute Gasteiger partial charge is 0.316 e. The lowest BCUT2D eigenvalue weighted by molar-refractivity contribution is 0.536. The van der Waals surface area contributed by atoms with Crippen molar-refractivity contribution in [3.63, 3.8) is 0 Å². The SMILES string of the molecule is CCCC(CS(=O)(=O)Cc1cc(C)cc(C)c1)NC. The first-order valence-corrected chi connectivity index (χ1v) is 8.63. The van der Waals surface area contributed by atoms with Crippen molar-refractivity contribution < 1.29 is 8.42 Å². The van der Waals surface area contributed by atoms with E-state index >= 15 is 0 Å². The van der Waals surface area contributed by atoms with Gasteiger partial charge in [0, 0.05) is 6.04 Å². The fourth-order valence-corrected chi connectivity index (χ4v) is 4.17. The molecular formula is C15H25NO2S. The molecule has 1 aromatic rings. The molecule has 0 saturated heterocycles. The van der Waals surface area contributed by atoms with Gasteiger partial charge >= 0.3 is 0 Å². The Kier molecular flexibility index (Phi) is 6.01. The fraction of sp³-hybridized carbons (Fsp3) is 0.600. The molecule has 4 heteroatoms. The topological polar surface area (TPSA) is 46.2 Å². The van der Waals surface area contributed by atoms with Crippen LogP contribution in [0.4, 0.5) is 0 Å². The van der Waals surface area contributed by atoms with Gasteiger partial charge in [-0.05, 0) is 32.9 Å². The molecule has 0 saturated carbocycles. The minimum absolute atomic E-state index is 0.0564. The number of rotatable bonds is 7. The molecule has 0 bridgehead atoms. The average Bonchev–Trinajstić information content (AvgIpc) is 2.25. The molecule has 0 heterocycles. The Labute approximate surface area is 117 Å². The predicted octanol–water partition coefficient (Wildman–Crippen LogP) is 2.61. The van der Waals surface area contributed by atoms with Crippen molar-refractivity contribution >= 4 is 9.84 Å². The van der Waals surface area contributed by atoms with E-state index in [1.807, 2.05) is 33.0 Å². The Bertz CT molecular complexity index is 489. The van der Waals surface area contributed by atoms with Gasteiger partial charge < -0.3 is 5.32 Å². The summed E-state index contributed by atoms with van der Waals surface area (Å²) in [5, 5.41) is 3.09. The summed E-state index contributed by atoms with van der Waals surface area (Å²) in [7, 11) is -1.24. The molecule has 0 spiro atoms. The molecule has 0 amide bonds. The van der Waals surface area contributed by atoms with Crippen molar-refractivity contribution in [2.75, 3.05) is 12.8 Å².